The Hall–Kier alpha value is -3.87. The summed E-state index contributed by atoms with van der Waals surface area (Å²) in [7, 11) is 1.52. The van der Waals surface area contributed by atoms with Crippen LogP contribution in [0.4, 0.5) is 4.39 Å². The van der Waals surface area contributed by atoms with Crippen LogP contribution in [-0.2, 0) is 6.61 Å². The number of ether oxygens (including phenoxy) is 3. The third-order valence-electron chi connectivity index (χ3n) is 4.34. The van der Waals surface area contributed by atoms with E-state index in [0.29, 0.717) is 35.0 Å². The molecule has 0 saturated carbocycles. The lowest BCUT2D eigenvalue weighted by Crippen LogP contribution is -2.17. The van der Waals surface area contributed by atoms with E-state index < -0.39 is 0 Å². The Balaban J connectivity index is 1.55. The van der Waals surface area contributed by atoms with E-state index in [9.17, 15) is 9.18 Å². The van der Waals surface area contributed by atoms with Crippen molar-refractivity contribution in [3.63, 3.8) is 0 Å². The molecule has 1 N–H and O–H groups in total. The molecule has 1 amide bonds. The highest BCUT2D eigenvalue weighted by Gasteiger charge is 2.10. The molecule has 0 unspecified atom stereocenters. The van der Waals surface area contributed by atoms with E-state index in [2.05, 4.69) is 10.5 Å². The van der Waals surface area contributed by atoms with Gasteiger partial charge in [0.2, 0.25) is 0 Å². The standard InChI is InChI=1S/C24H23FN2O4/c1-3-30-22-13-10-18(14-23(22)29-2)24(28)27-26-15-17-8-11-20(12-9-17)31-16-19-6-4-5-7-21(19)25/h4-15H,3,16H2,1-2H3,(H,27,28)/b26-15+. The van der Waals surface area contributed by atoms with Crippen LogP contribution >= 0.6 is 0 Å². The van der Waals surface area contributed by atoms with Crippen molar-refractivity contribution in [2.75, 3.05) is 13.7 Å². The second-order valence-corrected chi connectivity index (χ2v) is 6.45. The van der Waals surface area contributed by atoms with Crippen LogP contribution in [0.15, 0.2) is 71.8 Å². The summed E-state index contributed by atoms with van der Waals surface area (Å²) >= 11 is 0. The van der Waals surface area contributed by atoms with Gasteiger partial charge in [0, 0.05) is 11.1 Å². The van der Waals surface area contributed by atoms with Gasteiger partial charge in [0.15, 0.2) is 11.5 Å². The van der Waals surface area contributed by atoms with Crippen molar-refractivity contribution in [2.45, 2.75) is 13.5 Å². The molecule has 0 aromatic heterocycles. The molecule has 0 heterocycles. The molecule has 6 nitrogen and oxygen atoms in total. The number of rotatable bonds is 9. The Bertz CT molecular complexity index is 1050. The minimum atomic E-state index is -0.373. The van der Waals surface area contributed by atoms with Crippen molar-refractivity contribution < 1.29 is 23.4 Å². The zero-order valence-corrected chi connectivity index (χ0v) is 17.3. The van der Waals surface area contributed by atoms with Crippen LogP contribution in [-0.4, -0.2) is 25.8 Å². The lowest BCUT2D eigenvalue weighted by Gasteiger charge is -2.10. The van der Waals surface area contributed by atoms with Crippen LogP contribution in [0, 0.1) is 5.82 Å². The van der Waals surface area contributed by atoms with Crippen molar-refractivity contribution in [1.82, 2.24) is 5.43 Å². The van der Waals surface area contributed by atoms with Crippen LogP contribution in [0.2, 0.25) is 0 Å². The van der Waals surface area contributed by atoms with Crippen LogP contribution in [0.1, 0.15) is 28.4 Å². The van der Waals surface area contributed by atoms with Gasteiger partial charge in [-0.2, -0.15) is 5.10 Å². The minimum absolute atomic E-state index is 0.141. The maximum Gasteiger partial charge on any atom is 0.271 e. The number of halogens is 1. The molecule has 0 spiro atoms. The number of carbonyl (C=O) groups excluding carboxylic acids is 1. The highest BCUT2D eigenvalue weighted by atomic mass is 19.1. The maximum atomic E-state index is 13.6. The summed E-state index contributed by atoms with van der Waals surface area (Å²) in [5.74, 6) is 0.979. The van der Waals surface area contributed by atoms with Gasteiger partial charge in [-0.3, -0.25) is 4.79 Å². The summed E-state index contributed by atoms with van der Waals surface area (Å²) in [6.45, 7) is 2.51. The van der Waals surface area contributed by atoms with Crippen molar-refractivity contribution >= 4 is 12.1 Å². The highest BCUT2D eigenvalue weighted by molar-refractivity contribution is 5.95. The molecule has 3 aromatic rings. The summed E-state index contributed by atoms with van der Waals surface area (Å²) in [6.07, 6.45) is 1.52. The summed E-state index contributed by atoms with van der Waals surface area (Å²) in [6, 6.07) is 18.5. The maximum absolute atomic E-state index is 13.6. The van der Waals surface area contributed by atoms with E-state index in [1.54, 1.807) is 60.7 Å². The van der Waals surface area contributed by atoms with E-state index >= 15 is 0 Å². The van der Waals surface area contributed by atoms with Gasteiger partial charge in [0.1, 0.15) is 18.2 Å². The van der Waals surface area contributed by atoms with Gasteiger partial charge in [-0.25, -0.2) is 9.82 Å². The molecule has 0 fully saturated rings. The lowest BCUT2D eigenvalue weighted by atomic mass is 10.2. The first-order valence-electron chi connectivity index (χ1n) is 9.71. The molecule has 0 aliphatic heterocycles. The number of hydrazone groups is 1. The minimum Gasteiger partial charge on any atom is -0.493 e. The Labute approximate surface area is 180 Å². The largest absolute Gasteiger partial charge is 0.493 e. The van der Waals surface area contributed by atoms with Gasteiger partial charge in [-0.15, -0.1) is 0 Å². The lowest BCUT2D eigenvalue weighted by molar-refractivity contribution is 0.0954. The molecule has 3 rings (SSSR count). The number of carbonyl (C=O) groups is 1. The monoisotopic (exact) mass is 422 g/mol. The molecule has 0 aliphatic carbocycles. The SMILES string of the molecule is CCOc1ccc(C(=O)N/N=C/c2ccc(OCc3ccccc3F)cc2)cc1OC. The van der Waals surface area contributed by atoms with E-state index in [1.165, 1.54) is 19.4 Å². The van der Waals surface area contributed by atoms with Gasteiger partial charge < -0.3 is 14.2 Å². The van der Waals surface area contributed by atoms with Gasteiger partial charge in [-0.1, -0.05) is 18.2 Å². The van der Waals surface area contributed by atoms with Crippen LogP contribution < -0.4 is 19.6 Å². The smallest absolute Gasteiger partial charge is 0.271 e. The van der Waals surface area contributed by atoms with Gasteiger partial charge in [0.05, 0.1) is 19.9 Å². The van der Waals surface area contributed by atoms with E-state index in [0.717, 1.165) is 5.56 Å². The summed E-state index contributed by atoms with van der Waals surface area (Å²) in [4.78, 5) is 12.3. The zero-order valence-electron chi connectivity index (χ0n) is 17.3. The second kappa shape index (κ2) is 10.8. The topological polar surface area (TPSA) is 69.2 Å². The summed E-state index contributed by atoms with van der Waals surface area (Å²) in [5.41, 5.74) is 4.13. The Morgan fingerprint density at radius 3 is 2.52 bits per heavy atom. The fraction of sp³-hybridized carbons (Fsp3) is 0.167. The van der Waals surface area contributed by atoms with Crippen molar-refractivity contribution in [2.24, 2.45) is 5.10 Å². The highest BCUT2D eigenvalue weighted by Crippen LogP contribution is 2.28. The number of nitrogens with zero attached hydrogens (tertiary/aromatic N) is 1. The van der Waals surface area contributed by atoms with Crippen LogP contribution in [0.3, 0.4) is 0 Å². The first-order valence-corrected chi connectivity index (χ1v) is 9.71. The average molecular weight is 422 g/mol. The number of nitrogens with one attached hydrogen (secondary N) is 1. The first kappa shape index (κ1) is 21.8. The molecular weight excluding hydrogens is 399 g/mol. The average Bonchev–Trinajstić information content (AvgIpc) is 2.80. The number of methoxy groups -OCH3 is 1. The van der Waals surface area contributed by atoms with Crippen molar-refractivity contribution in [3.8, 4) is 17.2 Å². The van der Waals surface area contributed by atoms with Gasteiger partial charge in [-0.05, 0) is 61.0 Å². The van der Waals surface area contributed by atoms with E-state index in [1.807, 2.05) is 6.92 Å². The Morgan fingerprint density at radius 2 is 1.81 bits per heavy atom. The van der Waals surface area contributed by atoms with Crippen LogP contribution in [0.25, 0.3) is 0 Å². The van der Waals surface area contributed by atoms with E-state index in [-0.39, 0.29) is 18.3 Å². The number of hydrogen-bond acceptors (Lipinski definition) is 5. The molecule has 3 aromatic carbocycles. The van der Waals surface area contributed by atoms with Crippen molar-refractivity contribution in [1.29, 1.82) is 0 Å². The van der Waals surface area contributed by atoms with E-state index in [4.69, 9.17) is 14.2 Å². The quantitative estimate of drug-likeness (QED) is 0.405. The van der Waals surface area contributed by atoms with Crippen molar-refractivity contribution in [3.05, 3.63) is 89.2 Å². The van der Waals surface area contributed by atoms with Crippen LogP contribution in [0.5, 0.6) is 17.2 Å². The first-order chi connectivity index (χ1) is 15.1. The normalized spacial score (nSPS) is 10.7. The van der Waals surface area contributed by atoms with Gasteiger partial charge in [0.25, 0.3) is 5.91 Å². The number of benzene rings is 3. The fourth-order valence-corrected chi connectivity index (χ4v) is 2.74. The molecule has 0 bridgehead atoms. The Morgan fingerprint density at radius 1 is 1.03 bits per heavy atom. The predicted octanol–water partition coefficient (Wildman–Crippen LogP) is 4.58. The molecule has 0 radical (unpaired) electrons. The summed E-state index contributed by atoms with van der Waals surface area (Å²) in [5, 5.41) is 3.98. The molecule has 0 atom stereocenters. The molecular formula is C24H23FN2O4. The predicted molar refractivity (Wildman–Crippen MR) is 116 cm³/mol. The fourth-order valence-electron chi connectivity index (χ4n) is 2.74. The number of hydrogen-bond donors (Lipinski definition) is 1. The third kappa shape index (κ3) is 6.05. The zero-order chi connectivity index (χ0) is 22.1. The molecule has 7 heteroatoms. The third-order valence-corrected chi connectivity index (χ3v) is 4.34. The molecule has 160 valence electrons. The summed E-state index contributed by atoms with van der Waals surface area (Å²) < 4.78 is 29.9. The van der Waals surface area contributed by atoms with Gasteiger partial charge >= 0.3 is 0 Å². The second-order valence-electron chi connectivity index (χ2n) is 6.45. The Kier molecular flexibility index (Phi) is 7.59. The molecule has 0 saturated heterocycles. The molecule has 0 aliphatic rings. The number of amides is 1. The molecule has 31 heavy (non-hydrogen) atoms.